The van der Waals surface area contributed by atoms with E-state index in [2.05, 4.69) is 5.32 Å². The molecule has 4 heteroatoms. The molecule has 1 saturated heterocycles. The fraction of sp³-hybridized carbons (Fsp3) is 0.462. The number of halogens is 2. The average Bonchev–Trinajstić information content (AvgIpc) is 2.22. The molecule has 0 radical (unpaired) electrons. The van der Waals surface area contributed by atoms with Crippen LogP contribution in [0.1, 0.15) is 12.5 Å². The van der Waals surface area contributed by atoms with Crippen LogP contribution in [0.5, 0.6) is 0 Å². The van der Waals surface area contributed by atoms with Crippen LogP contribution >= 0.6 is 0 Å². The van der Waals surface area contributed by atoms with Gasteiger partial charge in [0.05, 0.1) is 0 Å². The van der Waals surface area contributed by atoms with E-state index in [1.54, 1.807) is 0 Å². The van der Waals surface area contributed by atoms with Gasteiger partial charge in [0.2, 0.25) is 0 Å². The maximum atomic E-state index is 13.4. The van der Waals surface area contributed by atoms with Gasteiger partial charge in [-0.25, -0.2) is 8.78 Å². The molecule has 0 amide bonds. The van der Waals surface area contributed by atoms with Crippen molar-refractivity contribution >= 4 is 5.78 Å². The van der Waals surface area contributed by atoms with Gasteiger partial charge in [0.15, 0.2) is 11.6 Å². The summed E-state index contributed by atoms with van der Waals surface area (Å²) in [5.74, 6) is -1.59. The Hall–Kier alpha value is -1.29. The van der Waals surface area contributed by atoms with Gasteiger partial charge in [0.25, 0.3) is 0 Å². The number of nitrogens with one attached hydrogen (secondary N) is 1. The minimum Gasteiger partial charge on any atom is -0.316 e. The molecule has 0 aromatic heterocycles. The Balaban J connectivity index is 2.04. The molecule has 0 aliphatic carbocycles. The molecular formula is C13H15F2NO. The summed E-state index contributed by atoms with van der Waals surface area (Å²) in [6.07, 6.45) is -0.0265. The molecule has 0 bridgehead atoms. The Morgan fingerprint density at radius 2 is 2.18 bits per heavy atom. The maximum absolute atomic E-state index is 13.4. The van der Waals surface area contributed by atoms with Gasteiger partial charge >= 0.3 is 0 Å². The number of carbonyl (C=O) groups is 1. The first kappa shape index (κ1) is 12.2. The van der Waals surface area contributed by atoms with Crippen LogP contribution in [0.15, 0.2) is 18.2 Å². The third-order valence-electron chi connectivity index (χ3n) is 3.42. The van der Waals surface area contributed by atoms with Gasteiger partial charge in [0.1, 0.15) is 5.78 Å². The predicted octanol–water partition coefficient (Wildman–Crippen LogP) is 1.93. The summed E-state index contributed by atoms with van der Waals surface area (Å²) in [6.45, 7) is 3.52. The van der Waals surface area contributed by atoms with Crippen molar-refractivity contribution in [1.82, 2.24) is 5.32 Å². The molecular weight excluding hydrogens is 224 g/mol. The highest BCUT2D eigenvalue weighted by molar-refractivity contribution is 5.83. The van der Waals surface area contributed by atoms with Gasteiger partial charge in [-0.05, 0) is 30.6 Å². The normalized spacial score (nSPS) is 17.6. The van der Waals surface area contributed by atoms with Crippen molar-refractivity contribution < 1.29 is 13.6 Å². The summed E-state index contributed by atoms with van der Waals surface area (Å²) in [4.78, 5) is 11.9. The zero-order valence-electron chi connectivity index (χ0n) is 9.67. The standard InChI is InChI=1S/C13H15F2NO/c1-8(10-6-16-7-10)12(17)5-9-3-2-4-11(14)13(9)15/h2-4,8,10,16H,5-7H2,1H3. The second-order valence-electron chi connectivity index (χ2n) is 4.56. The summed E-state index contributed by atoms with van der Waals surface area (Å²) in [5, 5.41) is 3.10. The highest BCUT2D eigenvalue weighted by atomic mass is 19.2. The molecule has 1 atom stereocenters. The number of benzene rings is 1. The molecule has 1 aromatic carbocycles. The fourth-order valence-electron chi connectivity index (χ4n) is 1.96. The summed E-state index contributed by atoms with van der Waals surface area (Å²) in [5.41, 5.74) is 0.147. The average molecular weight is 239 g/mol. The first-order valence-electron chi connectivity index (χ1n) is 5.76. The number of hydrogen-bond donors (Lipinski definition) is 1. The Morgan fingerprint density at radius 3 is 2.76 bits per heavy atom. The van der Waals surface area contributed by atoms with Gasteiger partial charge in [-0.1, -0.05) is 19.1 Å². The summed E-state index contributed by atoms with van der Waals surface area (Å²) < 4.78 is 26.4. The second kappa shape index (κ2) is 4.92. The fourth-order valence-corrected chi connectivity index (χ4v) is 1.96. The van der Waals surface area contributed by atoms with Crippen molar-refractivity contribution in [3.05, 3.63) is 35.4 Å². The zero-order valence-corrected chi connectivity index (χ0v) is 9.67. The molecule has 1 fully saturated rings. The second-order valence-corrected chi connectivity index (χ2v) is 4.56. The molecule has 1 aliphatic heterocycles. The van der Waals surface area contributed by atoms with Crippen LogP contribution in [0, 0.1) is 23.5 Å². The van der Waals surface area contributed by atoms with E-state index in [1.807, 2.05) is 6.92 Å². The predicted molar refractivity (Wildman–Crippen MR) is 60.6 cm³/mol. The Morgan fingerprint density at radius 1 is 1.47 bits per heavy atom. The molecule has 1 aliphatic rings. The first-order valence-corrected chi connectivity index (χ1v) is 5.76. The minimum absolute atomic E-state index is 0.0265. The van der Waals surface area contributed by atoms with Gasteiger partial charge < -0.3 is 5.32 Å². The summed E-state index contributed by atoms with van der Waals surface area (Å²) in [7, 11) is 0. The van der Waals surface area contributed by atoms with E-state index in [-0.39, 0.29) is 23.7 Å². The molecule has 0 saturated carbocycles. The number of hydrogen-bond acceptors (Lipinski definition) is 2. The van der Waals surface area contributed by atoms with Gasteiger partial charge in [-0.15, -0.1) is 0 Å². The van der Waals surface area contributed by atoms with Crippen LogP contribution in [0.2, 0.25) is 0 Å². The monoisotopic (exact) mass is 239 g/mol. The van der Waals surface area contributed by atoms with E-state index in [0.29, 0.717) is 5.92 Å². The van der Waals surface area contributed by atoms with E-state index < -0.39 is 11.6 Å². The third kappa shape index (κ3) is 2.52. The van der Waals surface area contributed by atoms with E-state index in [9.17, 15) is 13.6 Å². The van der Waals surface area contributed by atoms with Crippen LogP contribution in [0.3, 0.4) is 0 Å². The van der Waals surface area contributed by atoms with Crippen LogP contribution in [0.25, 0.3) is 0 Å². The number of carbonyl (C=O) groups excluding carboxylic acids is 1. The lowest BCUT2D eigenvalue weighted by Crippen LogP contribution is -2.47. The quantitative estimate of drug-likeness (QED) is 0.870. The van der Waals surface area contributed by atoms with Crippen molar-refractivity contribution in [3.63, 3.8) is 0 Å². The van der Waals surface area contributed by atoms with Gasteiger partial charge in [-0.2, -0.15) is 0 Å². The molecule has 1 aromatic rings. The molecule has 1 N–H and O–H groups in total. The van der Waals surface area contributed by atoms with Crippen molar-refractivity contribution in [2.24, 2.45) is 11.8 Å². The highest BCUT2D eigenvalue weighted by Crippen LogP contribution is 2.20. The molecule has 2 rings (SSSR count). The molecule has 2 nitrogen and oxygen atoms in total. The summed E-state index contributed by atoms with van der Waals surface area (Å²) in [6, 6.07) is 3.95. The maximum Gasteiger partial charge on any atom is 0.162 e. The van der Waals surface area contributed by atoms with Gasteiger partial charge in [0, 0.05) is 12.3 Å². The van der Waals surface area contributed by atoms with Gasteiger partial charge in [-0.3, -0.25) is 4.79 Å². The molecule has 17 heavy (non-hydrogen) atoms. The molecule has 1 unspecified atom stereocenters. The third-order valence-corrected chi connectivity index (χ3v) is 3.42. The number of ketones is 1. The van der Waals surface area contributed by atoms with Crippen molar-refractivity contribution in [1.29, 1.82) is 0 Å². The van der Waals surface area contributed by atoms with E-state index in [0.717, 1.165) is 19.2 Å². The molecule has 1 heterocycles. The number of rotatable bonds is 4. The highest BCUT2D eigenvalue weighted by Gasteiger charge is 2.28. The van der Waals surface area contributed by atoms with E-state index >= 15 is 0 Å². The molecule has 0 spiro atoms. The van der Waals surface area contributed by atoms with Crippen molar-refractivity contribution in [2.45, 2.75) is 13.3 Å². The van der Waals surface area contributed by atoms with Crippen molar-refractivity contribution in [3.8, 4) is 0 Å². The first-order chi connectivity index (χ1) is 8.09. The topological polar surface area (TPSA) is 29.1 Å². The SMILES string of the molecule is CC(C(=O)Cc1cccc(F)c1F)C1CNC1. The Labute approximate surface area is 99.0 Å². The lowest BCUT2D eigenvalue weighted by atomic mass is 9.84. The Kier molecular flexibility index (Phi) is 3.52. The minimum atomic E-state index is -0.903. The van der Waals surface area contributed by atoms with E-state index in [4.69, 9.17) is 0 Å². The zero-order chi connectivity index (χ0) is 12.4. The van der Waals surface area contributed by atoms with Crippen LogP contribution in [-0.2, 0) is 11.2 Å². The smallest absolute Gasteiger partial charge is 0.162 e. The summed E-state index contributed by atoms with van der Waals surface area (Å²) >= 11 is 0. The lowest BCUT2D eigenvalue weighted by Gasteiger charge is -2.31. The lowest BCUT2D eigenvalue weighted by molar-refractivity contribution is -0.123. The van der Waals surface area contributed by atoms with E-state index in [1.165, 1.54) is 12.1 Å². The Bertz CT molecular complexity index is 429. The van der Waals surface area contributed by atoms with Crippen LogP contribution in [-0.4, -0.2) is 18.9 Å². The molecule has 92 valence electrons. The number of Topliss-reactive ketones (excluding diaryl/α,β-unsaturated/α-hetero) is 1. The largest absolute Gasteiger partial charge is 0.316 e. The van der Waals surface area contributed by atoms with Crippen LogP contribution in [0.4, 0.5) is 8.78 Å². The van der Waals surface area contributed by atoms with Crippen molar-refractivity contribution in [2.75, 3.05) is 13.1 Å². The van der Waals surface area contributed by atoms with Crippen LogP contribution < -0.4 is 5.32 Å².